The van der Waals surface area contributed by atoms with Crippen LogP contribution in [0.25, 0.3) is 0 Å². The lowest BCUT2D eigenvalue weighted by Gasteiger charge is -2.47. The van der Waals surface area contributed by atoms with Gasteiger partial charge in [-0.25, -0.2) is 0 Å². The zero-order chi connectivity index (χ0) is 12.5. The summed E-state index contributed by atoms with van der Waals surface area (Å²) in [5, 5.41) is 0. The van der Waals surface area contributed by atoms with Gasteiger partial charge in [-0.05, 0) is 30.5 Å². The molecule has 0 spiro atoms. The summed E-state index contributed by atoms with van der Waals surface area (Å²) in [5.74, 6) is 0. The van der Waals surface area contributed by atoms with E-state index in [1.54, 1.807) is 0 Å². The highest BCUT2D eigenvalue weighted by atomic mass is 16.5. The molecule has 2 unspecified atom stereocenters. The van der Waals surface area contributed by atoms with E-state index in [2.05, 4.69) is 17.0 Å². The van der Waals surface area contributed by atoms with Crippen molar-refractivity contribution < 1.29 is 4.74 Å². The average molecular weight is 247 g/mol. The second kappa shape index (κ2) is 4.88. The zero-order valence-corrected chi connectivity index (χ0v) is 10.6. The number of nitrogen functional groups attached to an aromatic ring is 1. The summed E-state index contributed by atoms with van der Waals surface area (Å²) >= 11 is 0. The Balaban J connectivity index is 1.73. The minimum absolute atomic E-state index is 0.339. The van der Waals surface area contributed by atoms with Gasteiger partial charge >= 0.3 is 0 Å². The molecule has 2 aliphatic heterocycles. The monoisotopic (exact) mass is 247 g/mol. The molecule has 0 saturated carbocycles. The molecule has 4 N–H and O–H groups in total. The topological polar surface area (TPSA) is 64.5 Å². The Labute approximate surface area is 108 Å². The lowest BCUT2D eigenvalue weighted by atomic mass is 9.90. The number of rotatable bonds is 2. The molecule has 1 aromatic rings. The number of benzene rings is 1. The van der Waals surface area contributed by atoms with Gasteiger partial charge in [-0.2, -0.15) is 0 Å². The van der Waals surface area contributed by atoms with E-state index in [1.165, 1.54) is 5.56 Å². The third-order valence-electron chi connectivity index (χ3n) is 4.05. The molecule has 18 heavy (non-hydrogen) atoms. The van der Waals surface area contributed by atoms with Gasteiger partial charge in [-0.1, -0.05) is 12.1 Å². The molecule has 2 aliphatic rings. The van der Waals surface area contributed by atoms with Crippen molar-refractivity contribution in [2.24, 2.45) is 5.73 Å². The Morgan fingerprint density at radius 2 is 1.72 bits per heavy atom. The normalized spacial score (nSPS) is 32.4. The fourth-order valence-corrected chi connectivity index (χ4v) is 3.12. The molecule has 2 atom stereocenters. The Bertz CT molecular complexity index is 392. The number of fused-ring (bicyclic) bond motifs is 2. The van der Waals surface area contributed by atoms with Crippen LogP contribution in [0.1, 0.15) is 18.4 Å². The summed E-state index contributed by atoms with van der Waals surface area (Å²) < 4.78 is 5.65. The van der Waals surface area contributed by atoms with Crippen LogP contribution >= 0.6 is 0 Å². The fraction of sp³-hybridized carbons (Fsp3) is 0.571. The standard InChI is InChI=1S/C14H21N3O/c15-11-3-1-10(2-4-11)7-17-13-5-12(16)6-14(17)9-18-8-13/h1-4,12-14H,5-9,15-16H2. The Morgan fingerprint density at radius 1 is 1.11 bits per heavy atom. The van der Waals surface area contributed by atoms with Gasteiger partial charge in [-0.3, -0.25) is 4.90 Å². The maximum Gasteiger partial charge on any atom is 0.0623 e. The maximum atomic E-state index is 6.10. The van der Waals surface area contributed by atoms with E-state index in [0.717, 1.165) is 38.3 Å². The first-order valence-electron chi connectivity index (χ1n) is 6.66. The average Bonchev–Trinajstić information content (AvgIpc) is 2.33. The predicted molar refractivity (Wildman–Crippen MR) is 72.0 cm³/mol. The van der Waals surface area contributed by atoms with Gasteiger partial charge in [0, 0.05) is 30.4 Å². The van der Waals surface area contributed by atoms with Gasteiger partial charge in [-0.15, -0.1) is 0 Å². The van der Waals surface area contributed by atoms with Gasteiger partial charge in [0.2, 0.25) is 0 Å². The number of anilines is 1. The predicted octanol–water partition coefficient (Wildman–Crippen LogP) is 0.959. The molecule has 3 rings (SSSR count). The molecule has 0 amide bonds. The maximum absolute atomic E-state index is 6.10. The second-order valence-electron chi connectivity index (χ2n) is 5.49. The van der Waals surface area contributed by atoms with Crippen LogP contribution in [0.3, 0.4) is 0 Å². The quantitative estimate of drug-likeness (QED) is 0.764. The molecule has 2 heterocycles. The molecule has 4 nitrogen and oxygen atoms in total. The highest BCUT2D eigenvalue weighted by Crippen LogP contribution is 2.28. The van der Waals surface area contributed by atoms with Crippen molar-refractivity contribution in [3.05, 3.63) is 29.8 Å². The van der Waals surface area contributed by atoms with Crippen LogP contribution < -0.4 is 11.5 Å². The van der Waals surface area contributed by atoms with Crippen molar-refractivity contribution in [3.63, 3.8) is 0 Å². The molecule has 0 radical (unpaired) electrons. The number of morpholine rings is 1. The molecule has 0 aromatic heterocycles. The van der Waals surface area contributed by atoms with Gasteiger partial charge in [0.1, 0.15) is 0 Å². The van der Waals surface area contributed by atoms with Crippen molar-refractivity contribution in [1.82, 2.24) is 4.90 Å². The number of nitrogens with zero attached hydrogens (tertiary/aromatic N) is 1. The summed E-state index contributed by atoms with van der Waals surface area (Å²) in [5.41, 5.74) is 14.0. The third-order valence-corrected chi connectivity index (χ3v) is 4.05. The van der Waals surface area contributed by atoms with Crippen molar-refractivity contribution in [1.29, 1.82) is 0 Å². The first-order chi connectivity index (χ1) is 8.72. The summed E-state index contributed by atoms with van der Waals surface area (Å²) in [6.45, 7) is 2.62. The van der Waals surface area contributed by atoms with Crippen LogP contribution in [0.5, 0.6) is 0 Å². The van der Waals surface area contributed by atoms with Crippen LogP contribution in [-0.4, -0.2) is 36.2 Å². The third kappa shape index (κ3) is 2.36. The number of piperidine rings is 1. The van der Waals surface area contributed by atoms with Crippen LogP contribution in [0.15, 0.2) is 24.3 Å². The minimum atomic E-state index is 0.339. The van der Waals surface area contributed by atoms with E-state index < -0.39 is 0 Å². The second-order valence-corrected chi connectivity index (χ2v) is 5.49. The van der Waals surface area contributed by atoms with Gasteiger partial charge in [0.25, 0.3) is 0 Å². The van der Waals surface area contributed by atoms with E-state index >= 15 is 0 Å². The summed E-state index contributed by atoms with van der Waals surface area (Å²) in [7, 11) is 0. The minimum Gasteiger partial charge on any atom is -0.399 e. The highest BCUT2D eigenvalue weighted by Gasteiger charge is 2.37. The molecule has 1 aromatic carbocycles. The van der Waals surface area contributed by atoms with E-state index in [0.29, 0.717) is 18.1 Å². The van der Waals surface area contributed by atoms with Gasteiger partial charge < -0.3 is 16.2 Å². The van der Waals surface area contributed by atoms with E-state index in [1.807, 2.05) is 12.1 Å². The molecule has 2 saturated heterocycles. The molecule has 2 fully saturated rings. The van der Waals surface area contributed by atoms with E-state index in [9.17, 15) is 0 Å². The lowest BCUT2D eigenvalue weighted by Crippen LogP contribution is -2.58. The first-order valence-corrected chi connectivity index (χ1v) is 6.66. The summed E-state index contributed by atoms with van der Waals surface area (Å²) in [4.78, 5) is 2.55. The molecule has 98 valence electrons. The Kier molecular flexibility index (Phi) is 3.24. The highest BCUT2D eigenvalue weighted by molar-refractivity contribution is 5.39. The first kappa shape index (κ1) is 12.0. The molecule has 4 heteroatoms. The van der Waals surface area contributed by atoms with Gasteiger partial charge in [0.05, 0.1) is 13.2 Å². The van der Waals surface area contributed by atoms with Crippen molar-refractivity contribution >= 4 is 5.69 Å². The largest absolute Gasteiger partial charge is 0.399 e. The molecular formula is C14H21N3O. The van der Waals surface area contributed by atoms with Crippen molar-refractivity contribution in [3.8, 4) is 0 Å². The van der Waals surface area contributed by atoms with Gasteiger partial charge in [0.15, 0.2) is 0 Å². The van der Waals surface area contributed by atoms with E-state index in [-0.39, 0.29) is 0 Å². The lowest BCUT2D eigenvalue weighted by molar-refractivity contribution is -0.0819. The van der Waals surface area contributed by atoms with Crippen LogP contribution in [0.4, 0.5) is 5.69 Å². The summed E-state index contributed by atoms with van der Waals surface area (Å²) in [6.07, 6.45) is 2.09. The number of nitrogens with two attached hydrogens (primary N) is 2. The smallest absolute Gasteiger partial charge is 0.0623 e. The number of hydrogen-bond acceptors (Lipinski definition) is 4. The fourth-order valence-electron chi connectivity index (χ4n) is 3.12. The van der Waals surface area contributed by atoms with Crippen LogP contribution in [0, 0.1) is 0 Å². The molecule has 0 aliphatic carbocycles. The molecule has 2 bridgehead atoms. The number of ether oxygens (including phenoxy) is 1. The van der Waals surface area contributed by atoms with Crippen molar-refractivity contribution in [2.75, 3.05) is 18.9 Å². The summed E-state index contributed by atoms with van der Waals surface area (Å²) in [6, 6.07) is 9.46. The number of hydrogen-bond donors (Lipinski definition) is 2. The van der Waals surface area contributed by atoms with Crippen LogP contribution in [-0.2, 0) is 11.3 Å². The Morgan fingerprint density at radius 3 is 2.33 bits per heavy atom. The molecular weight excluding hydrogens is 226 g/mol. The zero-order valence-electron chi connectivity index (χ0n) is 10.6. The van der Waals surface area contributed by atoms with E-state index in [4.69, 9.17) is 16.2 Å². The van der Waals surface area contributed by atoms with Crippen LogP contribution in [0.2, 0.25) is 0 Å². The SMILES string of the molecule is Nc1ccc(CN2C3COCC2CC(N)C3)cc1. The Hall–Kier alpha value is -1.10. The van der Waals surface area contributed by atoms with Crippen molar-refractivity contribution in [2.45, 2.75) is 37.5 Å².